The summed E-state index contributed by atoms with van der Waals surface area (Å²) < 4.78 is 44.8. The van der Waals surface area contributed by atoms with Crippen LogP contribution in [-0.2, 0) is 17.5 Å². The van der Waals surface area contributed by atoms with Gasteiger partial charge in [-0.05, 0) is 36.4 Å². The fourth-order valence-corrected chi connectivity index (χ4v) is 2.86. The lowest BCUT2D eigenvalue weighted by Gasteiger charge is -2.13. The Morgan fingerprint density at radius 2 is 1.76 bits per heavy atom. The van der Waals surface area contributed by atoms with Crippen molar-refractivity contribution in [1.29, 1.82) is 0 Å². The summed E-state index contributed by atoms with van der Waals surface area (Å²) in [6.07, 6.45) is -4.56. The van der Waals surface area contributed by atoms with Crippen molar-refractivity contribution in [2.45, 2.75) is 12.7 Å². The van der Waals surface area contributed by atoms with Gasteiger partial charge in [0.25, 0.3) is 17.4 Å². The predicted octanol–water partition coefficient (Wildman–Crippen LogP) is 3.41. The third kappa shape index (κ3) is 6.04. The van der Waals surface area contributed by atoms with Crippen LogP contribution in [0.4, 0.5) is 24.5 Å². The number of hydrogen-bond donors (Lipinski definition) is 2. The first kappa shape index (κ1) is 23.7. The van der Waals surface area contributed by atoms with Crippen LogP contribution in [0.25, 0.3) is 0 Å². The molecule has 0 aliphatic carbocycles. The molecular formula is C22H19F3N4O4. The third-order valence-electron chi connectivity index (χ3n) is 4.47. The fraction of sp³-hybridized carbons (Fsp3) is 0.182. The van der Waals surface area contributed by atoms with Crippen molar-refractivity contribution in [3.63, 3.8) is 0 Å². The summed E-state index contributed by atoms with van der Waals surface area (Å²) in [7, 11) is 1.46. The molecule has 2 aromatic carbocycles. The molecule has 2 amide bonds. The number of methoxy groups -OCH3 is 1. The number of carbonyl (C=O) groups is 2. The average molecular weight is 460 g/mol. The summed E-state index contributed by atoms with van der Waals surface area (Å²) in [5.74, 6) is -1.40. The summed E-state index contributed by atoms with van der Waals surface area (Å²) in [5, 5.41) is 8.93. The first-order chi connectivity index (χ1) is 15.7. The molecule has 0 atom stereocenters. The topological polar surface area (TPSA) is 102 Å². The molecule has 11 heteroatoms. The number of anilines is 2. The zero-order valence-corrected chi connectivity index (χ0v) is 17.3. The molecule has 172 valence electrons. The minimum absolute atomic E-state index is 0.0240. The molecule has 2 N–H and O–H groups in total. The number of halogens is 3. The van der Waals surface area contributed by atoms with Gasteiger partial charge in [-0.3, -0.25) is 14.4 Å². The molecule has 0 aliphatic heterocycles. The van der Waals surface area contributed by atoms with Gasteiger partial charge in [-0.2, -0.15) is 18.3 Å². The number of nitrogens with zero attached hydrogens (tertiary/aromatic N) is 2. The predicted molar refractivity (Wildman–Crippen MR) is 114 cm³/mol. The number of benzene rings is 2. The maximum Gasteiger partial charge on any atom is 0.416 e. The number of rotatable bonds is 7. The molecular weight excluding hydrogens is 441 g/mol. The van der Waals surface area contributed by atoms with Crippen LogP contribution in [0.1, 0.15) is 26.4 Å². The van der Waals surface area contributed by atoms with Crippen molar-refractivity contribution in [1.82, 2.24) is 9.78 Å². The molecule has 0 radical (unpaired) electrons. The second kappa shape index (κ2) is 10.1. The Balaban J connectivity index is 1.80. The van der Waals surface area contributed by atoms with Crippen LogP contribution in [0.15, 0.2) is 65.5 Å². The van der Waals surface area contributed by atoms with Crippen molar-refractivity contribution in [2.75, 3.05) is 24.4 Å². The number of amides is 2. The Bertz CT molecular complexity index is 1220. The monoisotopic (exact) mass is 460 g/mol. The highest BCUT2D eigenvalue weighted by molar-refractivity contribution is 6.12. The fourth-order valence-electron chi connectivity index (χ4n) is 2.86. The van der Waals surface area contributed by atoms with E-state index in [9.17, 15) is 27.6 Å². The lowest BCUT2D eigenvalue weighted by Crippen LogP contribution is -2.28. The van der Waals surface area contributed by atoms with Gasteiger partial charge in [-0.25, -0.2) is 4.68 Å². The number of aromatic nitrogens is 2. The smallest absolute Gasteiger partial charge is 0.383 e. The number of para-hydroxylation sites is 1. The lowest BCUT2D eigenvalue weighted by molar-refractivity contribution is -0.137. The van der Waals surface area contributed by atoms with Crippen LogP contribution in [0, 0.1) is 0 Å². The zero-order valence-electron chi connectivity index (χ0n) is 17.3. The normalized spacial score (nSPS) is 11.2. The minimum Gasteiger partial charge on any atom is -0.383 e. The summed E-state index contributed by atoms with van der Waals surface area (Å²) >= 11 is 0. The Kier molecular flexibility index (Phi) is 7.23. The first-order valence-corrected chi connectivity index (χ1v) is 9.65. The molecule has 0 fully saturated rings. The van der Waals surface area contributed by atoms with Gasteiger partial charge in [0.2, 0.25) is 0 Å². The SMILES string of the molecule is COCCn1nc(C(=O)Nc2ccccc2C(=O)Nc2cccc(C(F)(F)F)c2)ccc1=O. The Morgan fingerprint density at radius 1 is 1.00 bits per heavy atom. The number of nitrogens with one attached hydrogen (secondary N) is 2. The Labute approximate surface area is 186 Å². The van der Waals surface area contributed by atoms with Gasteiger partial charge in [0.05, 0.1) is 30.0 Å². The molecule has 1 aromatic heterocycles. The number of hydrogen-bond acceptors (Lipinski definition) is 5. The highest BCUT2D eigenvalue weighted by Crippen LogP contribution is 2.31. The molecule has 0 saturated carbocycles. The van der Waals surface area contributed by atoms with Crippen LogP contribution in [-0.4, -0.2) is 35.3 Å². The van der Waals surface area contributed by atoms with E-state index in [1.807, 2.05) is 0 Å². The van der Waals surface area contributed by atoms with Crippen LogP contribution in [0.5, 0.6) is 0 Å². The molecule has 33 heavy (non-hydrogen) atoms. The van der Waals surface area contributed by atoms with E-state index in [-0.39, 0.29) is 35.8 Å². The molecule has 0 spiro atoms. The van der Waals surface area contributed by atoms with Crippen molar-refractivity contribution >= 4 is 23.2 Å². The molecule has 3 aromatic rings. The molecule has 1 heterocycles. The highest BCUT2D eigenvalue weighted by atomic mass is 19.4. The average Bonchev–Trinajstić information content (AvgIpc) is 2.78. The molecule has 0 saturated heterocycles. The molecule has 0 unspecified atom stereocenters. The van der Waals surface area contributed by atoms with E-state index in [0.29, 0.717) is 0 Å². The summed E-state index contributed by atoms with van der Waals surface area (Å²) in [6.45, 7) is 0.364. The Morgan fingerprint density at radius 3 is 2.48 bits per heavy atom. The van der Waals surface area contributed by atoms with E-state index >= 15 is 0 Å². The molecule has 0 aliphatic rings. The third-order valence-corrected chi connectivity index (χ3v) is 4.47. The van der Waals surface area contributed by atoms with Crippen LogP contribution in [0.3, 0.4) is 0 Å². The quantitative estimate of drug-likeness (QED) is 0.563. The lowest BCUT2D eigenvalue weighted by atomic mass is 10.1. The second-order valence-electron chi connectivity index (χ2n) is 6.81. The van der Waals surface area contributed by atoms with Crippen LogP contribution >= 0.6 is 0 Å². The van der Waals surface area contributed by atoms with Crippen molar-refractivity contribution < 1.29 is 27.5 Å². The van der Waals surface area contributed by atoms with Gasteiger partial charge in [0.1, 0.15) is 5.69 Å². The second-order valence-corrected chi connectivity index (χ2v) is 6.81. The zero-order chi connectivity index (χ0) is 24.0. The molecule has 3 rings (SSSR count). The maximum absolute atomic E-state index is 12.9. The maximum atomic E-state index is 12.9. The number of ether oxygens (including phenoxy) is 1. The van der Waals surface area contributed by atoms with Gasteiger partial charge in [0.15, 0.2) is 0 Å². The standard InChI is InChI=1S/C22H19F3N4O4/c1-33-12-11-29-19(30)10-9-18(28-29)21(32)27-17-8-3-2-7-16(17)20(31)26-15-6-4-5-14(13-15)22(23,24)25/h2-10,13H,11-12H2,1H3,(H,26,31)(H,27,32). The minimum atomic E-state index is -4.56. The van der Waals surface area contributed by atoms with E-state index in [1.54, 1.807) is 12.1 Å². The first-order valence-electron chi connectivity index (χ1n) is 9.65. The van der Waals surface area contributed by atoms with Gasteiger partial charge < -0.3 is 15.4 Å². The summed E-state index contributed by atoms with van der Waals surface area (Å²) in [5.41, 5.74) is -1.30. The molecule has 0 bridgehead atoms. The van der Waals surface area contributed by atoms with E-state index < -0.39 is 29.1 Å². The number of carbonyl (C=O) groups excluding carboxylic acids is 2. The van der Waals surface area contributed by atoms with Crippen molar-refractivity contribution in [3.8, 4) is 0 Å². The van der Waals surface area contributed by atoms with E-state index in [1.165, 1.54) is 43.5 Å². The van der Waals surface area contributed by atoms with Gasteiger partial charge in [-0.1, -0.05) is 18.2 Å². The summed E-state index contributed by atoms with van der Waals surface area (Å²) in [6, 6.07) is 12.6. The van der Waals surface area contributed by atoms with Gasteiger partial charge in [0, 0.05) is 18.9 Å². The van der Waals surface area contributed by atoms with E-state index in [4.69, 9.17) is 4.74 Å². The summed E-state index contributed by atoms with van der Waals surface area (Å²) in [4.78, 5) is 37.2. The molecule has 8 nitrogen and oxygen atoms in total. The van der Waals surface area contributed by atoms with Gasteiger partial charge in [-0.15, -0.1) is 0 Å². The Hall–Kier alpha value is -3.99. The van der Waals surface area contributed by atoms with E-state index in [2.05, 4.69) is 15.7 Å². The largest absolute Gasteiger partial charge is 0.416 e. The van der Waals surface area contributed by atoms with Crippen LogP contribution < -0.4 is 16.2 Å². The van der Waals surface area contributed by atoms with E-state index in [0.717, 1.165) is 16.8 Å². The van der Waals surface area contributed by atoms with Crippen LogP contribution in [0.2, 0.25) is 0 Å². The highest BCUT2D eigenvalue weighted by Gasteiger charge is 2.30. The number of alkyl halides is 3. The van der Waals surface area contributed by atoms with Gasteiger partial charge >= 0.3 is 6.18 Å². The van der Waals surface area contributed by atoms with Crippen molar-refractivity contribution in [3.05, 3.63) is 87.8 Å². The van der Waals surface area contributed by atoms with Crippen molar-refractivity contribution in [2.24, 2.45) is 0 Å².